The van der Waals surface area contributed by atoms with Gasteiger partial charge in [-0.15, -0.1) is 0 Å². The number of ether oxygens (including phenoxy) is 1. The van der Waals surface area contributed by atoms with Gasteiger partial charge in [-0.1, -0.05) is 29.8 Å². The van der Waals surface area contributed by atoms with E-state index in [-0.39, 0.29) is 17.2 Å². The van der Waals surface area contributed by atoms with Crippen LogP contribution in [-0.2, 0) is 4.74 Å². The van der Waals surface area contributed by atoms with Gasteiger partial charge in [0.2, 0.25) is 0 Å². The Hall–Kier alpha value is -4.15. The summed E-state index contributed by atoms with van der Waals surface area (Å²) in [5, 5.41) is 14.7. The summed E-state index contributed by atoms with van der Waals surface area (Å²) in [4.78, 5) is 42.8. The zero-order chi connectivity index (χ0) is 27.4. The second kappa shape index (κ2) is 11.7. The average molecular weight is 550 g/mol. The normalized spacial score (nSPS) is 15.7. The number of nitrogens with one attached hydrogen (secondary N) is 1. The Morgan fingerprint density at radius 3 is 2.18 bits per heavy atom. The van der Waals surface area contributed by atoms with E-state index in [0.717, 1.165) is 5.69 Å². The van der Waals surface area contributed by atoms with Gasteiger partial charge in [0.25, 0.3) is 17.5 Å². The average Bonchev–Trinajstić information content (AvgIpc) is 2.97. The van der Waals surface area contributed by atoms with Crippen molar-refractivity contribution in [3.8, 4) is 0 Å². The highest BCUT2D eigenvalue weighted by Crippen LogP contribution is 2.31. The van der Waals surface area contributed by atoms with Crippen LogP contribution in [-0.4, -0.2) is 74.1 Å². The summed E-state index contributed by atoms with van der Waals surface area (Å²) >= 11 is 6.62. The fraction of sp³-hybridized carbons (Fsp3) is 0.286. The lowest BCUT2D eigenvalue weighted by molar-refractivity contribution is -0.384. The lowest BCUT2D eigenvalue weighted by Crippen LogP contribution is -2.48. The molecule has 3 aromatic carbocycles. The monoisotopic (exact) mass is 549 g/mol. The van der Waals surface area contributed by atoms with Crippen LogP contribution in [0.4, 0.5) is 22.7 Å². The van der Waals surface area contributed by atoms with Crippen LogP contribution < -0.4 is 15.1 Å². The van der Waals surface area contributed by atoms with Gasteiger partial charge < -0.3 is 24.8 Å². The van der Waals surface area contributed by atoms with Crippen LogP contribution in [0.3, 0.4) is 0 Å². The van der Waals surface area contributed by atoms with Crippen LogP contribution in [0.1, 0.15) is 20.7 Å². The molecule has 39 heavy (non-hydrogen) atoms. The quantitative estimate of drug-likeness (QED) is 0.361. The summed E-state index contributed by atoms with van der Waals surface area (Å²) in [6, 6.07) is 18.8. The molecule has 0 unspecified atom stereocenters. The Morgan fingerprint density at radius 2 is 1.51 bits per heavy atom. The predicted molar refractivity (Wildman–Crippen MR) is 150 cm³/mol. The number of morpholine rings is 1. The fourth-order valence-electron chi connectivity index (χ4n) is 4.85. The maximum absolute atomic E-state index is 13.3. The number of amides is 2. The van der Waals surface area contributed by atoms with Crippen LogP contribution in [0.15, 0.2) is 66.7 Å². The van der Waals surface area contributed by atoms with E-state index in [2.05, 4.69) is 10.2 Å². The van der Waals surface area contributed by atoms with Crippen LogP contribution in [0.5, 0.6) is 0 Å². The Labute approximate surface area is 230 Å². The van der Waals surface area contributed by atoms with Gasteiger partial charge in [0.05, 0.1) is 40.1 Å². The highest BCUT2D eigenvalue weighted by molar-refractivity contribution is 6.33. The molecule has 0 aromatic heterocycles. The van der Waals surface area contributed by atoms with Gasteiger partial charge in [-0.25, -0.2) is 0 Å². The standard InChI is InChI=1S/C28H28ClN5O5/c29-24-18-21(6-8-26(24)31-10-12-33(13-11-31)28(36)20-4-2-1-3-5-20)30-27(35)23-19-22(34(37)38)7-9-25(23)32-14-16-39-17-15-32/h1-9,18-19H,10-17H2,(H,30,35). The van der Waals surface area contributed by atoms with E-state index < -0.39 is 10.8 Å². The van der Waals surface area contributed by atoms with Crippen molar-refractivity contribution >= 4 is 46.2 Å². The molecule has 2 aliphatic heterocycles. The minimum Gasteiger partial charge on any atom is -0.378 e. The van der Waals surface area contributed by atoms with Gasteiger partial charge in [-0.2, -0.15) is 0 Å². The number of carbonyl (C=O) groups excluding carboxylic acids is 2. The highest BCUT2D eigenvalue weighted by Gasteiger charge is 2.25. The van der Waals surface area contributed by atoms with Crippen molar-refractivity contribution in [2.45, 2.75) is 0 Å². The molecule has 11 heteroatoms. The Bertz CT molecular complexity index is 1370. The Kier molecular flexibility index (Phi) is 7.94. The number of nitro benzene ring substituents is 1. The van der Waals surface area contributed by atoms with Gasteiger partial charge in [-0.05, 0) is 36.4 Å². The second-order valence-corrected chi connectivity index (χ2v) is 9.73. The van der Waals surface area contributed by atoms with Gasteiger partial charge in [0.15, 0.2) is 0 Å². The van der Waals surface area contributed by atoms with Crippen molar-refractivity contribution < 1.29 is 19.2 Å². The molecule has 0 saturated carbocycles. The minimum absolute atomic E-state index is 0.0111. The first-order valence-electron chi connectivity index (χ1n) is 12.7. The van der Waals surface area contributed by atoms with E-state index in [1.807, 2.05) is 46.2 Å². The molecule has 2 aliphatic rings. The van der Waals surface area contributed by atoms with Crippen molar-refractivity contribution in [3.05, 3.63) is 93.0 Å². The maximum Gasteiger partial charge on any atom is 0.270 e. The number of benzene rings is 3. The second-order valence-electron chi connectivity index (χ2n) is 9.32. The molecule has 2 heterocycles. The minimum atomic E-state index is -0.515. The lowest BCUT2D eigenvalue weighted by atomic mass is 10.1. The predicted octanol–water partition coefficient (Wildman–Crippen LogP) is 4.30. The summed E-state index contributed by atoms with van der Waals surface area (Å²) in [7, 11) is 0. The van der Waals surface area contributed by atoms with Gasteiger partial charge in [-0.3, -0.25) is 19.7 Å². The molecule has 3 aromatic rings. The number of rotatable bonds is 6. The third kappa shape index (κ3) is 5.97. The van der Waals surface area contributed by atoms with E-state index in [0.29, 0.717) is 74.4 Å². The first-order chi connectivity index (χ1) is 18.9. The number of non-ortho nitro benzene ring substituents is 1. The number of nitrogens with zero attached hydrogens (tertiary/aromatic N) is 4. The number of piperazine rings is 1. The van der Waals surface area contributed by atoms with Crippen molar-refractivity contribution in [1.82, 2.24) is 4.90 Å². The summed E-state index contributed by atoms with van der Waals surface area (Å²) in [6.45, 7) is 4.60. The molecule has 202 valence electrons. The molecule has 0 atom stereocenters. The van der Waals surface area contributed by atoms with Crippen molar-refractivity contribution in [2.24, 2.45) is 0 Å². The number of anilines is 3. The molecule has 0 radical (unpaired) electrons. The number of nitro groups is 1. The molecule has 5 rings (SSSR count). The zero-order valence-corrected chi connectivity index (χ0v) is 22.0. The highest BCUT2D eigenvalue weighted by atomic mass is 35.5. The van der Waals surface area contributed by atoms with E-state index in [9.17, 15) is 19.7 Å². The molecule has 10 nitrogen and oxygen atoms in total. The van der Waals surface area contributed by atoms with Crippen molar-refractivity contribution in [2.75, 3.05) is 67.6 Å². The van der Waals surface area contributed by atoms with Gasteiger partial charge in [0, 0.05) is 62.7 Å². The fourth-order valence-corrected chi connectivity index (χ4v) is 5.15. The summed E-state index contributed by atoms with van der Waals surface area (Å²) < 4.78 is 5.40. The van der Waals surface area contributed by atoms with E-state index in [1.54, 1.807) is 18.2 Å². The number of hydrogen-bond acceptors (Lipinski definition) is 7. The van der Waals surface area contributed by atoms with Crippen LogP contribution in [0.25, 0.3) is 0 Å². The topological polar surface area (TPSA) is 108 Å². The third-order valence-corrected chi connectivity index (χ3v) is 7.22. The lowest BCUT2D eigenvalue weighted by Gasteiger charge is -2.36. The third-order valence-electron chi connectivity index (χ3n) is 6.92. The smallest absolute Gasteiger partial charge is 0.270 e. The van der Waals surface area contributed by atoms with Crippen LogP contribution >= 0.6 is 11.6 Å². The SMILES string of the molecule is O=C(Nc1ccc(N2CCN(C(=O)c3ccccc3)CC2)c(Cl)c1)c1cc([N+](=O)[O-])ccc1N1CCOCC1. The molecule has 0 bridgehead atoms. The van der Waals surface area contributed by atoms with Crippen molar-refractivity contribution in [3.63, 3.8) is 0 Å². The first kappa shape index (κ1) is 26.5. The molecular formula is C28H28ClN5O5. The largest absolute Gasteiger partial charge is 0.378 e. The summed E-state index contributed by atoms with van der Waals surface area (Å²) in [5.74, 6) is -0.450. The molecule has 2 fully saturated rings. The first-order valence-corrected chi connectivity index (χ1v) is 13.1. The Morgan fingerprint density at radius 1 is 0.846 bits per heavy atom. The van der Waals surface area contributed by atoms with Crippen LogP contribution in [0, 0.1) is 10.1 Å². The van der Waals surface area contributed by atoms with Crippen molar-refractivity contribution in [1.29, 1.82) is 0 Å². The molecule has 1 N–H and O–H groups in total. The molecule has 0 spiro atoms. The van der Waals surface area contributed by atoms with E-state index >= 15 is 0 Å². The summed E-state index contributed by atoms with van der Waals surface area (Å²) in [5.41, 5.74) is 2.63. The van der Waals surface area contributed by atoms with Gasteiger partial charge >= 0.3 is 0 Å². The zero-order valence-electron chi connectivity index (χ0n) is 21.2. The number of halogens is 1. The Balaban J connectivity index is 1.27. The molecule has 2 amide bonds. The van der Waals surface area contributed by atoms with E-state index in [4.69, 9.17) is 16.3 Å². The number of hydrogen-bond donors (Lipinski definition) is 1. The maximum atomic E-state index is 13.3. The van der Waals surface area contributed by atoms with Crippen LogP contribution in [0.2, 0.25) is 5.02 Å². The summed E-state index contributed by atoms with van der Waals surface area (Å²) in [6.07, 6.45) is 0. The number of carbonyl (C=O) groups is 2. The van der Waals surface area contributed by atoms with Gasteiger partial charge in [0.1, 0.15) is 0 Å². The molecule has 2 saturated heterocycles. The molecular weight excluding hydrogens is 522 g/mol. The van der Waals surface area contributed by atoms with E-state index in [1.165, 1.54) is 12.1 Å². The molecule has 0 aliphatic carbocycles.